The fourth-order valence-corrected chi connectivity index (χ4v) is 1.99. The van der Waals surface area contributed by atoms with Crippen molar-refractivity contribution in [1.82, 2.24) is 9.78 Å². The fourth-order valence-electron chi connectivity index (χ4n) is 1.99. The van der Waals surface area contributed by atoms with E-state index in [1.807, 2.05) is 0 Å². The van der Waals surface area contributed by atoms with Gasteiger partial charge < -0.3 is 5.73 Å². The smallest absolute Gasteiger partial charge is 0.384 e. The summed E-state index contributed by atoms with van der Waals surface area (Å²) in [6, 6.07) is 6.61. The lowest BCUT2D eigenvalue weighted by molar-refractivity contribution is -0.137. The van der Waals surface area contributed by atoms with Crippen LogP contribution >= 0.6 is 0 Å². The molecule has 100 valence electrons. The Bertz CT molecular complexity index is 595. The molecule has 0 unspecified atom stereocenters. The second-order valence-electron chi connectivity index (χ2n) is 4.72. The molecule has 1 fully saturated rings. The molecule has 1 aliphatic rings. The van der Waals surface area contributed by atoms with Crippen molar-refractivity contribution in [3.8, 4) is 5.69 Å². The van der Waals surface area contributed by atoms with Crippen LogP contribution in [0.4, 0.5) is 19.0 Å². The predicted octanol–water partition coefficient (Wildman–Crippen LogP) is 3.35. The number of hydrogen-bond donors (Lipinski definition) is 1. The highest BCUT2D eigenvalue weighted by Gasteiger charge is 2.30. The highest BCUT2D eigenvalue weighted by Crippen LogP contribution is 2.40. The Hall–Kier alpha value is -1.98. The van der Waals surface area contributed by atoms with Gasteiger partial charge in [-0.2, -0.15) is 18.3 Å². The zero-order chi connectivity index (χ0) is 13.6. The van der Waals surface area contributed by atoms with E-state index in [-0.39, 0.29) is 0 Å². The molecule has 0 saturated heterocycles. The minimum absolute atomic E-state index is 0.446. The average molecular weight is 267 g/mol. The van der Waals surface area contributed by atoms with Gasteiger partial charge in [0.05, 0.1) is 16.9 Å². The predicted molar refractivity (Wildman–Crippen MR) is 65.0 cm³/mol. The first-order chi connectivity index (χ1) is 8.95. The van der Waals surface area contributed by atoms with Crippen molar-refractivity contribution in [2.75, 3.05) is 5.73 Å². The first-order valence-corrected chi connectivity index (χ1v) is 5.98. The van der Waals surface area contributed by atoms with Gasteiger partial charge in [-0.3, -0.25) is 0 Å². The molecule has 3 rings (SSSR count). The standard InChI is InChI=1S/C13H12F3N3/c14-13(15,16)9-3-5-10(6-4-9)19-12(17)7-11(18-19)8-1-2-8/h3-8H,1-2,17H2. The lowest BCUT2D eigenvalue weighted by atomic mass is 10.2. The number of nitrogens with zero attached hydrogens (tertiary/aromatic N) is 2. The molecule has 3 nitrogen and oxygen atoms in total. The third kappa shape index (κ3) is 2.30. The number of aromatic nitrogens is 2. The first-order valence-electron chi connectivity index (χ1n) is 5.98. The summed E-state index contributed by atoms with van der Waals surface area (Å²) in [5.74, 6) is 0.902. The number of anilines is 1. The Morgan fingerprint density at radius 2 is 1.79 bits per heavy atom. The lowest BCUT2D eigenvalue weighted by Gasteiger charge is -2.08. The molecule has 0 spiro atoms. The molecule has 2 aromatic rings. The van der Waals surface area contributed by atoms with E-state index in [9.17, 15) is 13.2 Å². The molecule has 0 bridgehead atoms. The van der Waals surface area contributed by atoms with Crippen molar-refractivity contribution >= 4 is 5.82 Å². The summed E-state index contributed by atoms with van der Waals surface area (Å²) in [6.45, 7) is 0. The summed E-state index contributed by atoms with van der Waals surface area (Å²) < 4.78 is 38.9. The van der Waals surface area contributed by atoms with E-state index in [2.05, 4.69) is 5.10 Å². The molecular formula is C13H12F3N3. The first kappa shape index (κ1) is 12.1. The second-order valence-corrected chi connectivity index (χ2v) is 4.72. The Morgan fingerprint density at radius 3 is 2.32 bits per heavy atom. The zero-order valence-electron chi connectivity index (χ0n) is 9.98. The molecule has 2 N–H and O–H groups in total. The normalized spacial score (nSPS) is 15.7. The van der Waals surface area contributed by atoms with Gasteiger partial charge in [-0.15, -0.1) is 0 Å². The maximum absolute atomic E-state index is 12.5. The van der Waals surface area contributed by atoms with E-state index in [1.165, 1.54) is 16.8 Å². The maximum atomic E-state index is 12.5. The number of alkyl halides is 3. The molecule has 1 saturated carbocycles. The number of nitrogens with two attached hydrogens (primary N) is 1. The number of benzene rings is 1. The molecule has 0 aliphatic heterocycles. The van der Waals surface area contributed by atoms with Crippen molar-refractivity contribution < 1.29 is 13.2 Å². The molecule has 0 radical (unpaired) electrons. The number of halogens is 3. The molecule has 1 aromatic carbocycles. The van der Waals surface area contributed by atoms with Crippen molar-refractivity contribution in [3.63, 3.8) is 0 Å². The van der Waals surface area contributed by atoms with E-state index >= 15 is 0 Å². The van der Waals surface area contributed by atoms with Gasteiger partial charge in [0.2, 0.25) is 0 Å². The SMILES string of the molecule is Nc1cc(C2CC2)nn1-c1ccc(C(F)(F)F)cc1. The van der Waals surface area contributed by atoms with Gasteiger partial charge in [0.1, 0.15) is 5.82 Å². The van der Waals surface area contributed by atoms with Crippen LogP contribution in [0.3, 0.4) is 0 Å². The summed E-state index contributed by atoms with van der Waals surface area (Å²) in [6.07, 6.45) is -2.12. The third-order valence-electron chi connectivity index (χ3n) is 3.19. The molecule has 1 aliphatic carbocycles. The Balaban J connectivity index is 1.93. The molecule has 0 atom stereocenters. The van der Waals surface area contributed by atoms with Gasteiger partial charge >= 0.3 is 6.18 Å². The van der Waals surface area contributed by atoms with Crippen molar-refractivity contribution in [2.24, 2.45) is 0 Å². The van der Waals surface area contributed by atoms with Crippen molar-refractivity contribution in [1.29, 1.82) is 0 Å². The van der Waals surface area contributed by atoms with Crippen LogP contribution in [-0.4, -0.2) is 9.78 Å². The van der Waals surface area contributed by atoms with E-state index < -0.39 is 11.7 Å². The molecule has 1 heterocycles. The van der Waals surface area contributed by atoms with Crippen LogP contribution in [0.5, 0.6) is 0 Å². The lowest BCUT2D eigenvalue weighted by Crippen LogP contribution is -2.06. The quantitative estimate of drug-likeness (QED) is 0.906. The molecule has 6 heteroatoms. The molecular weight excluding hydrogens is 255 g/mol. The summed E-state index contributed by atoms with van der Waals surface area (Å²) >= 11 is 0. The van der Waals surface area contributed by atoms with Crippen LogP contribution in [0.25, 0.3) is 5.69 Å². The average Bonchev–Trinajstić information content (AvgIpc) is 3.12. The van der Waals surface area contributed by atoms with Gasteiger partial charge in [-0.05, 0) is 37.1 Å². The largest absolute Gasteiger partial charge is 0.416 e. The van der Waals surface area contributed by atoms with Gasteiger partial charge in [0.15, 0.2) is 0 Å². The molecule has 19 heavy (non-hydrogen) atoms. The van der Waals surface area contributed by atoms with Crippen LogP contribution in [0.15, 0.2) is 30.3 Å². The van der Waals surface area contributed by atoms with Crippen LogP contribution in [0.1, 0.15) is 30.0 Å². The zero-order valence-corrected chi connectivity index (χ0v) is 9.98. The molecule has 1 aromatic heterocycles. The molecule has 0 amide bonds. The van der Waals surface area contributed by atoms with Gasteiger partial charge in [-0.25, -0.2) is 4.68 Å². The highest BCUT2D eigenvalue weighted by atomic mass is 19.4. The number of nitrogen functional groups attached to an aromatic ring is 1. The van der Waals surface area contributed by atoms with Crippen LogP contribution in [-0.2, 0) is 6.18 Å². The topological polar surface area (TPSA) is 43.8 Å². The van der Waals surface area contributed by atoms with Gasteiger partial charge in [0, 0.05) is 12.0 Å². The van der Waals surface area contributed by atoms with Crippen molar-refractivity contribution in [3.05, 3.63) is 41.6 Å². The summed E-state index contributed by atoms with van der Waals surface area (Å²) in [4.78, 5) is 0. The van der Waals surface area contributed by atoms with E-state index in [0.717, 1.165) is 30.7 Å². The van der Waals surface area contributed by atoms with Crippen LogP contribution in [0, 0.1) is 0 Å². The Kier molecular flexibility index (Phi) is 2.55. The summed E-state index contributed by atoms with van der Waals surface area (Å²) in [5, 5.41) is 4.34. The van der Waals surface area contributed by atoms with E-state index in [4.69, 9.17) is 5.73 Å². The van der Waals surface area contributed by atoms with Crippen LogP contribution in [0.2, 0.25) is 0 Å². The number of hydrogen-bond acceptors (Lipinski definition) is 2. The highest BCUT2D eigenvalue weighted by molar-refractivity contribution is 5.45. The fraction of sp³-hybridized carbons (Fsp3) is 0.308. The van der Waals surface area contributed by atoms with E-state index in [0.29, 0.717) is 17.4 Å². The van der Waals surface area contributed by atoms with Crippen molar-refractivity contribution in [2.45, 2.75) is 24.9 Å². The summed E-state index contributed by atoms with van der Waals surface area (Å²) in [5.41, 5.74) is 6.62. The minimum atomic E-state index is -4.33. The van der Waals surface area contributed by atoms with Gasteiger partial charge in [0.25, 0.3) is 0 Å². The summed E-state index contributed by atoms with van der Waals surface area (Å²) in [7, 11) is 0. The maximum Gasteiger partial charge on any atom is 0.416 e. The second kappa shape index (κ2) is 4.01. The monoisotopic (exact) mass is 267 g/mol. The van der Waals surface area contributed by atoms with E-state index in [1.54, 1.807) is 6.07 Å². The Morgan fingerprint density at radius 1 is 1.16 bits per heavy atom. The van der Waals surface area contributed by atoms with Gasteiger partial charge in [-0.1, -0.05) is 0 Å². The van der Waals surface area contributed by atoms with Crippen LogP contribution < -0.4 is 5.73 Å². The third-order valence-corrected chi connectivity index (χ3v) is 3.19. The minimum Gasteiger partial charge on any atom is -0.384 e. The number of rotatable bonds is 2. The Labute approximate surface area is 107 Å².